The maximum absolute atomic E-state index is 5.36. The molecule has 3 N–H and O–H groups in total. The van der Waals surface area contributed by atoms with Crippen molar-refractivity contribution in [3.63, 3.8) is 0 Å². The summed E-state index contributed by atoms with van der Waals surface area (Å²) < 4.78 is 5.36. The largest absolute Gasteiger partial charge is 0.376 e. The second kappa shape index (κ2) is 3.82. The van der Waals surface area contributed by atoms with Crippen molar-refractivity contribution >= 4 is 0 Å². The van der Waals surface area contributed by atoms with Gasteiger partial charge in [0.05, 0.1) is 12.7 Å². The Morgan fingerprint density at radius 2 is 2.56 bits per heavy atom. The van der Waals surface area contributed by atoms with Crippen molar-refractivity contribution in [1.29, 1.82) is 0 Å². The van der Waals surface area contributed by atoms with E-state index in [-0.39, 0.29) is 0 Å². The van der Waals surface area contributed by atoms with Crippen molar-refractivity contribution in [2.75, 3.05) is 26.2 Å². The lowest BCUT2D eigenvalue weighted by Crippen LogP contribution is -2.20. The normalized spacial score (nSPS) is 27.0. The highest BCUT2D eigenvalue weighted by molar-refractivity contribution is 4.70. The third-order valence-electron chi connectivity index (χ3n) is 1.49. The number of rotatable bonds is 3. The van der Waals surface area contributed by atoms with E-state index in [4.69, 9.17) is 10.5 Å². The summed E-state index contributed by atoms with van der Waals surface area (Å²) in [4.78, 5) is 0. The van der Waals surface area contributed by atoms with E-state index in [0.717, 1.165) is 19.5 Å². The van der Waals surface area contributed by atoms with Gasteiger partial charge in [-0.1, -0.05) is 0 Å². The first-order chi connectivity index (χ1) is 4.43. The molecule has 0 aromatic heterocycles. The smallest absolute Gasteiger partial charge is 0.0712 e. The Labute approximate surface area is 55.6 Å². The molecule has 1 saturated heterocycles. The Hall–Kier alpha value is -0.120. The Morgan fingerprint density at radius 1 is 1.67 bits per heavy atom. The quantitative estimate of drug-likeness (QED) is 0.532. The van der Waals surface area contributed by atoms with Gasteiger partial charge in [-0.2, -0.15) is 0 Å². The molecular weight excluding hydrogens is 116 g/mol. The summed E-state index contributed by atoms with van der Waals surface area (Å²) in [5, 5.41) is 3.22. The fraction of sp³-hybridized carbons (Fsp3) is 1.00. The van der Waals surface area contributed by atoms with Crippen molar-refractivity contribution in [1.82, 2.24) is 5.32 Å². The number of nitrogens with two attached hydrogens (primary N) is 1. The van der Waals surface area contributed by atoms with E-state index in [1.165, 1.54) is 0 Å². The molecule has 1 aliphatic rings. The molecule has 1 rings (SSSR count). The maximum atomic E-state index is 5.36. The summed E-state index contributed by atoms with van der Waals surface area (Å²) in [6.45, 7) is 3.43. The number of nitrogens with one attached hydrogen (secondary N) is 1. The molecule has 9 heavy (non-hydrogen) atoms. The summed E-state index contributed by atoms with van der Waals surface area (Å²) >= 11 is 0. The highest BCUT2D eigenvalue weighted by Crippen LogP contribution is 2.01. The van der Waals surface area contributed by atoms with Crippen LogP contribution in [0.2, 0.25) is 0 Å². The predicted molar refractivity (Wildman–Crippen MR) is 36.3 cm³/mol. The van der Waals surface area contributed by atoms with Crippen molar-refractivity contribution in [2.45, 2.75) is 12.5 Å². The van der Waals surface area contributed by atoms with E-state index in [1.807, 2.05) is 0 Å². The van der Waals surface area contributed by atoms with Crippen LogP contribution >= 0.6 is 0 Å². The molecule has 1 aliphatic heterocycles. The van der Waals surface area contributed by atoms with Gasteiger partial charge in [-0.3, -0.25) is 0 Å². The van der Waals surface area contributed by atoms with Crippen LogP contribution in [0, 0.1) is 0 Å². The minimum atomic E-state index is 0.425. The number of hydrogen-bond donors (Lipinski definition) is 2. The topological polar surface area (TPSA) is 47.3 Å². The molecule has 54 valence electrons. The van der Waals surface area contributed by atoms with Gasteiger partial charge in [0.15, 0.2) is 0 Å². The molecule has 0 amide bonds. The first-order valence-corrected chi connectivity index (χ1v) is 3.46. The second-order valence-electron chi connectivity index (χ2n) is 2.27. The van der Waals surface area contributed by atoms with Crippen LogP contribution in [0.25, 0.3) is 0 Å². The summed E-state index contributed by atoms with van der Waals surface area (Å²) in [5.41, 5.74) is 5.26. The SMILES string of the molecule is NCCO[C@@H]1CCNC1. The minimum Gasteiger partial charge on any atom is -0.376 e. The van der Waals surface area contributed by atoms with Crippen molar-refractivity contribution in [3.8, 4) is 0 Å². The van der Waals surface area contributed by atoms with Crippen LogP contribution in [-0.4, -0.2) is 32.3 Å². The van der Waals surface area contributed by atoms with Gasteiger partial charge in [0, 0.05) is 13.1 Å². The fourth-order valence-electron chi connectivity index (χ4n) is 1.01. The number of ether oxygens (including phenoxy) is 1. The van der Waals surface area contributed by atoms with Crippen LogP contribution in [0.15, 0.2) is 0 Å². The third kappa shape index (κ3) is 2.30. The first-order valence-electron chi connectivity index (χ1n) is 3.46. The molecule has 0 aliphatic carbocycles. The zero-order chi connectivity index (χ0) is 6.53. The molecule has 1 heterocycles. The van der Waals surface area contributed by atoms with Crippen LogP contribution in [0.5, 0.6) is 0 Å². The average Bonchev–Trinajstić information content (AvgIpc) is 2.34. The minimum absolute atomic E-state index is 0.425. The average molecular weight is 130 g/mol. The van der Waals surface area contributed by atoms with Crippen molar-refractivity contribution in [2.24, 2.45) is 5.73 Å². The van der Waals surface area contributed by atoms with Crippen molar-refractivity contribution < 1.29 is 4.74 Å². The molecule has 0 saturated carbocycles. The maximum Gasteiger partial charge on any atom is 0.0712 e. The number of hydrogen-bond acceptors (Lipinski definition) is 3. The van der Waals surface area contributed by atoms with Crippen LogP contribution in [0.4, 0.5) is 0 Å². The summed E-state index contributed by atoms with van der Waals surface area (Å²) in [6, 6.07) is 0. The van der Waals surface area contributed by atoms with Gasteiger partial charge in [0.2, 0.25) is 0 Å². The van der Waals surface area contributed by atoms with Crippen LogP contribution in [0.3, 0.4) is 0 Å². The predicted octanol–water partition coefficient (Wildman–Crippen LogP) is -0.676. The van der Waals surface area contributed by atoms with Crippen LogP contribution in [-0.2, 0) is 4.74 Å². The Morgan fingerprint density at radius 3 is 3.11 bits per heavy atom. The van der Waals surface area contributed by atoms with Gasteiger partial charge in [0.25, 0.3) is 0 Å². The molecule has 0 radical (unpaired) electrons. The zero-order valence-corrected chi connectivity index (χ0v) is 5.60. The van der Waals surface area contributed by atoms with Gasteiger partial charge in [-0.15, -0.1) is 0 Å². The Bertz CT molecular complexity index is 71.5. The van der Waals surface area contributed by atoms with E-state index in [2.05, 4.69) is 5.32 Å². The highest BCUT2D eigenvalue weighted by Gasteiger charge is 2.13. The summed E-state index contributed by atoms with van der Waals surface area (Å²) in [7, 11) is 0. The third-order valence-corrected chi connectivity index (χ3v) is 1.49. The van der Waals surface area contributed by atoms with E-state index < -0.39 is 0 Å². The van der Waals surface area contributed by atoms with Gasteiger partial charge < -0.3 is 15.8 Å². The molecule has 1 fully saturated rings. The fourth-order valence-corrected chi connectivity index (χ4v) is 1.01. The van der Waals surface area contributed by atoms with Gasteiger partial charge in [-0.05, 0) is 13.0 Å². The van der Waals surface area contributed by atoms with E-state index in [9.17, 15) is 0 Å². The van der Waals surface area contributed by atoms with Crippen LogP contribution in [0.1, 0.15) is 6.42 Å². The van der Waals surface area contributed by atoms with Gasteiger partial charge >= 0.3 is 0 Å². The van der Waals surface area contributed by atoms with Gasteiger partial charge in [-0.25, -0.2) is 0 Å². The zero-order valence-electron chi connectivity index (χ0n) is 5.60. The molecular formula is C6H14N2O. The molecule has 3 nitrogen and oxygen atoms in total. The molecule has 0 aromatic carbocycles. The van der Waals surface area contributed by atoms with E-state index in [1.54, 1.807) is 0 Å². The lowest BCUT2D eigenvalue weighted by Gasteiger charge is -2.07. The van der Waals surface area contributed by atoms with Crippen molar-refractivity contribution in [3.05, 3.63) is 0 Å². The molecule has 0 spiro atoms. The molecule has 0 aromatic rings. The van der Waals surface area contributed by atoms with E-state index in [0.29, 0.717) is 19.3 Å². The summed E-state index contributed by atoms with van der Waals surface area (Å²) in [6.07, 6.45) is 1.56. The summed E-state index contributed by atoms with van der Waals surface area (Å²) in [5.74, 6) is 0. The van der Waals surface area contributed by atoms with E-state index >= 15 is 0 Å². The molecule has 0 unspecified atom stereocenters. The monoisotopic (exact) mass is 130 g/mol. The molecule has 3 heteroatoms. The highest BCUT2D eigenvalue weighted by atomic mass is 16.5. The van der Waals surface area contributed by atoms with Gasteiger partial charge in [0.1, 0.15) is 0 Å². The molecule has 0 bridgehead atoms. The lowest BCUT2D eigenvalue weighted by molar-refractivity contribution is 0.0730. The molecule has 1 atom stereocenters. The second-order valence-corrected chi connectivity index (χ2v) is 2.27. The standard InChI is InChI=1S/C6H14N2O/c7-2-4-9-6-1-3-8-5-6/h6,8H,1-5,7H2/t6-/m1/s1. The first kappa shape index (κ1) is 6.99. The lowest BCUT2D eigenvalue weighted by atomic mass is 10.3. The Balaban J connectivity index is 1.98. The Kier molecular flexibility index (Phi) is 2.97. The van der Waals surface area contributed by atoms with Crippen LogP contribution < -0.4 is 11.1 Å².